The summed E-state index contributed by atoms with van der Waals surface area (Å²) in [5, 5.41) is 35.3. The zero-order valence-corrected chi connectivity index (χ0v) is 16.1. The van der Waals surface area contributed by atoms with E-state index in [0.29, 0.717) is 16.7 Å². The molecule has 3 rings (SSSR count). The Balaban J connectivity index is 1.93. The normalized spacial score (nSPS) is 11.1. The van der Waals surface area contributed by atoms with Crippen LogP contribution in [0.15, 0.2) is 78.9 Å². The third-order valence-corrected chi connectivity index (χ3v) is 6.46. The zero-order chi connectivity index (χ0) is 21.7. The molecule has 3 aromatic rings. The Morgan fingerprint density at radius 2 is 1.40 bits per heavy atom. The zero-order valence-electron chi connectivity index (χ0n) is 15.2. The predicted molar refractivity (Wildman–Crippen MR) is 108 cm³/mol. The summed E-state index contributed by atoms with van der Waals surface area (Å²) in [5.74, 6) is 0. The van der Waals surface area contributed by atoms with Gasteiger partial charge in [0, 0.05) is 16.7 Å². The van der Waals surface area contributed by atoms with Gasteiger partial charge in [-0.3, -0.25) is 30.0 Å². The highest BCUT2D eigenvalue weighted by atomic mass is 31.2. The molecule has 154 valence electrons. The van der Waals surface area contributed by atoms with Gasteiger partial charge in [0.2, 0.25) is 7.29 Å². The van der Waals surface area contributed by atoms with Gasteiger partial charge in [-0.2, -0.15) is 4.94 Å². The van der Waals surface area contributed by atoms with Crippen molar-refractivity contribution in [2.24, 2.45) is 0 Å². The average molecular weight is 430 g/mol. The second kappa shape index (κ2) is 8.80. The molecule has 30 heavy (non-hydrogen) atoms. The van der Waals surface area contributed by atoms with Gasteiger partial charge in [0.05, 0.1) is 15.9 Å². The Morgan fingerprint density at radius 3 is 1.87 bits per heavy atom. The summed E-state index contributed by atoms with van der Waals surface area (Å²) in [5.41, 5.74) is -1.81. The van der Waals surface area contributed by atoms with Gasteiger partial charge in [-0.25, -0.2) is 0 Å². The van der Waals surface area contributed by atoms with Crippen LogP contribution < -0.4 is 21.1 Å². The first-order chi connectivity index (χ1) is 14.3. The summed E-state index contributed by atoms with van der Waals surface area (Å²) in [6.45, 7) is 0. The van der Waals surface area contributed by atoms with E-state index in [4.69, 9.17) is 4.94 Å². The molecule has 0 aliphatic heterocycles. The third-order valence-electron chi connectivity index (χ3n) is 4.07. The van der Waals surface area contributed by atoms with Gasteiger partial charge in [-0.1, -0.05) is 36.4 Å². The fourth-order valence-electron chi connectivity index (χ4n) is 2.61. The number of non-ortho nitro benzene ring substituents is 1. The van der Waals surface area contributed by atoms with Gasteiger partial charge in [0.25, 0.3) is 5.69 Å². The van der Waals surface area contributed by atoms with Crippen molar-refractivity contribution in [2.75, 3.05) is 5.23 Å². The van der Waals surface area contributed by atoms with E-state index in [1.54, 1.807) is 60.7 Å². The number of benzene rings is 3. The van der Waals surface area contributed by atoms with Crippen LogP contribution in [0.3, 0.4) is 0 Å². The monoisotopic (exact) mass is 430 g/mol. The first-order valence-corrected chi connectivity index (χ1v) is 10.1. The molecule has 0 atom stereocenters. The highest BCUT2D eigenvalue weighted by Crippen LogP contribution is 2.39. The van der Waals surface area contributed by atoms with Gasteiger partial charge >= 0.3 is 5.69 Å². The number of hydrogen-bond acceptors (Lipinski definition) is 8. The Kier molecular flexibility index (Phi) is 6.19. The van der Waals surface area contributed by atoms with Crippen LogP contribution in [0.1, 0.15) is 0 Å². The Hall–Kier alpha value is -3.63. The van der Waals surface area contributed by atoms with Crippen LogP contribution in [-0.4, -0.2) is 15.1 Å². The van der Waals surface area contributed by atoms with Crippen molar-refractivity contribution in [1.29, 1.82) is 0 Å². The third kappa shape index (κ3) is 4.34. The molecule has 0 fully saturated rings. The molecule has 0 aliphatic rings. The van der Waals surface area contributed by atoms with Gasteiger partial charge in [-0.15, -0.1) is 10.5 Å². The fourth-order valence-corrected chi connectivity index (χ4v) is 4.49. The maximum Gasteiger partial charge on any atom is 0.304 e. The molecule has 0 radical (unpaired) electrons. The molecule has 0 spiro atoms. The van der Waals surface area contributed by atoms with Gasteiger partial charge < -0.3 is 0 Å². The van der Waals surface area contributed by atoms with Gasteiger partial charge in [0.15, 0.2) is 5.69 Å². The van der Waals surface area contributed by atoms with Crippen molar-refractivity contribution in [2.45, 2.75) is 0 Å². The van der Waals surface area contributed by atoms with Crippen LogP contribution in [0.4, 0.5) is 17.1 Å². The molecule has 11 nitrogen and oxygen atoms in total. The van der Waals surface area contributed by atoms with Crippen LogP contribution in [-0.2, 0) is 9.50 Å². The van der Waals surface area contributed by atoms with E-state index in [1.165, 1.54) is 0 Å². The molecule has 0 saturated heterocycles. The molecule has 3 aromatic carbocycles. The molecule has 12 heteroatoms. The Labute approximate surface area is 169 Å². The summed E-state index contributed by atoms with van der Waals surface area (Å²) >= 11 is 0. The van der Waals surface area contributed by atoms with Crippen LogP contribution in [0, 0.1) is 20.2 Å². The van der Waals surface area contributed by atoms with E-state index in [0.717, 1.165) is 12.1 Å². The van der Waals surface area contributed by atoms with E-state index in [1.807, 2.05) is 0 Å². The van der Waals surface area contributed by atoms with Gasteiger partial charge in [-0.05, 0) is 30.3 Å². The number of nitro benzene ring substituents is 2. The van der Waals surface area contributed by atoms with Crippen molar-refractivity contribution < 1.29 is 24.6 Å². The molecular formula is C18H15N4O7P. The van der Waals surface area contributed by atoms with Crippen LogP contribution in [0.25, 0.3) is 0 Å². The quantitative estimate of drug-likeness (QED) is 0.312. The number of anilines is 1. The molecule has 0 aliphatic carbocycles. The lowest BCUT2D eigenvalue weighted by Gasteiger charge is -2.23. The van der Waals surface area contributed by atoms with E-state index < -0.39 is 34.2 Å². The lowest BCUT2D eigenvalue weighted by atomic mass is 10.2. The van der Waals surface area contributed by atoms with Crippen molar-refractivity contribution in [3.63, 3.8) is 0 Å². The minimum Gasteiger partial charge on any atom is -0.294 e. The van der Waals surface area contributed by atoms with E-state index in [2.05, 4.69) is 5.25 Å². The molecule has 0 aromatic heterocycles. The molecule has 2 N–H and O–H groups in total. The van der Waals surface area contributed by atoms with Crippen molar-refractivity contribution in [1.82, 2.24) is 5.25 Å². The van der Waals surface area contributed by atoms with Crippen LogP contribution >= 0.6 is 7.29 Å². The Bertz CT molecular complexity index is 1070. The number of nitrogens with one attached hydrogen (secondary N) is 1. The van der Waals surface area contributed by atoms with E-state index in [-0.39, 0.29) is 5.23 Å². The van der Waals surface area contributed by atoms with Crippen LogP contribution in [0.2, 0.25) is 0 Å². The predicted octanol–water partition coefficient (Wildman–Crippen LogP) is 3.06. The first kappa shape index (κ1) is 21.1. The number of nitrogens with zero attached hydrogens (tertiary/aromatic N) is 3. The molecule has 0 heterocycles. The number of hydrogen-bond donors (Lipinski definition) is 2. The summed E-state index contributed by atoms with van der Waals surface area (Å²) in [6, 6.07) is 19.1. The van der Waals surface area contributed by atoms with E-state index in [9.17, 15) is 30.0 Å². The second-order valence-electron chi connectivity index (χ2n) is 5.92. The van der Waals surface area contributed by atoms with E-state index >= 15 is 0 Å². The summed E-state index contributed by atoms with van der Waals surface area (Å²) in [7, 11) is -3.61. The largest absolute Gasteiger partial charge is 0.304 e. The standard InChI is InChI=1S/C18H15N4O7P/c23-20(24)14-11-12-17(18(13-14)21(25)26)22(27)29-19-30(28,15-7-3-1-4-8-15)16-9-5-2-6-10-16/h1-13,27H,(H,19,28). The Morgan fingerprint density at radius 1 is 0.867 bits per heavy atom. The lowest BCUT2D eigenvalue weighted by molar-refractivity contribution is -0.394. The highest BCUT2D eigenvalue weighted by Gasteiger charge is 2.30. The summed E-state index contributed by atoms with van der Waals surface area (Å²) in [6.07, 6.45) is 0. The maximum absolute atomic E-state index is 13.7. The smallest absolute Gasteiger partial charge is 0.294 e. The molecule has 0 saturated carbocycles. The molecule has 0 bridgehead atoms. The molecular weight excluding hydrogens is 415 g/mol. The minimum atomic E-state index is -3.61. The molecule has 0 unspecified atom stereocenters. The second-order valence-corrected chi connectivity index (χ2v) is 8.36. The molecule has 0 amide bonds. The minimum absolute atomic E-state index is 0.000386. The van der Waals surface area contributed by atoms with Crippen molar-refractivity contribution >= 4 is 35.0 Å². The topological polar surface area (TPSA) is 148 Å². The number of rotatable bonds is 8. The number of nitro groups is 2. The maximum atomic E-state index is 13.7. The fraction of sp³-hybridized carbons (Fsp3) is 0. The lowest BCUT2D eigenvalue weighted by Crippen LogP contribution is -2.34. The van der Waals surface area contributed by atoms with Crippen LogP contribution in [0.5, 0.6) is 0 Å². The summed E-state index contributed by atoms with van der Waals surface area (Å²) < 4.78 is 13.7. The first-order valence-electron chi connectivity index (χ1n) is 8.40. The van der Waals surface area contributed by atoms with Crippen molar-refractivity contribution in [3.05, 3.63) is 99.1 Å². The van der Waals surface area contributed by atoms with Crippen molar-refractivity contribution in [3.8, 4) is 0 Å². The SMILES string of the molecule is O=[N+]([O-])c1ccc(N(O)ONP(=O)(c2ccccc2)c2ccccc2)c([N+](=O)[O-])c1. The summed E-state index contributed by atoms with van der Waals surface area (Å²) in [4.78, 5) is 25.4. The highest BCUT2D eigenvalue weighted by molar-refractivity contribution is 7.76. The average Bonchev–Trinajstić information content (AvgIpc) is 2.77. The van der Waals surface area contributed by atoms with Gasteiger partial charge in [0.1, 0.15) is 0 Å².